The second-order valence-corrected chi connectivity index (χ2v) is 3.24. The van der Waals surface area contributed by atoms with Gasteiger partial charge in [0.05, 0.1) is 18.3 Å². The quantitative estimate of drug-likeness (QED) is 0.532. The molecule has 0 saturated heterocycles. The van der Waals surface area contributed by atoms with Crippen molar-refractivity contribution < 1.29 is 9.53 Å². The van der Waals surface area contributed by atoms with E-state index in [1.165, 1.54) is 17.5 Å². The summed E-state index contributed by atoms with van der Waals surface area (Å²) in [4.78, 5) is 15.5. The molecule has 0 saturated carbocycles. The first-order chi connectivity index (χ1) is 5.84. The van der Waals surface area contributed by atoms with Crippen LogP contribution in [0.2, 0.25) is 0 Å². The highest BCUT2D eigenvalue weighted by Gasteiger charge is 2.07. The third kappa shape index (κ3) is 2.62. The van der Waals surface area contributed by atoms with Crippen LogP contribution in [0.4, 0.5) is 0 Å². The van der Waals surface area contributed by atoms with Crippen LogP contribution in [0.3, 0.4) is 0 Å². The predicted molar refractivity (Wildman–Crippen MR) is 47.3 cm³/mol. The van der Waals surface area contributed by atoms with Crippen molar-refractivity contribution in [3.63, 3.8) is 0 Å². The highest BCUT2D eigenvalue weighted by molar-refractivity contribution is 7.11. The van der Waals surface area contributed by atoms with Gasteiger partial charge in [-0.3, -0.25) is 4.98 Å². The Morgan fingerprint density at radius 1 is 1.75 bits per heavy atom. The Balaban J connectivity index is 2.30. The third-order valence-corrected chi connectivity index (χ3v) is 2.12. The Hall–Kier alpha value is -0.900. The van der Waals surface area contributed by atoms with Gasteiger partial charge in [0.2, 0.25) is 0 Å². The van der Waals surface area contributed by atoms with Crippen molar-refractivity contribution in [2.24, 2.45) is 0 Å². The molecule has 0 spiro atoms. The highest BCUT2D eigenvalue weighted by atomic mass is 32.1. The lowest BCUT2D eigenvalue weighted by Crippen LogP contribution is -2.03. The van der Waals surface area contributed by atoms with Crippen LogP contribution in [-0.2, 0) is 4.74 Å². The molecule has 0 atom stereocenters. The second-order valence-electron chi connectivity index (χ2n) is 2.36. The van der Waals surface area contributed by atoms with E-state index in [2.05, 4.69) is 11.9 Å². The molecule has 0 bridgehead atoms. The van der Waals surface area contributed by atoms with Crippen LogP contribution in [0.1, 0.15) is 29.4 Å². The van der Waals surface area contributed by atoms with Crippen LogP contribution in [-0.4, -0.2) is 17.6 Å². The molecule has 0 N–H and O–H groups in total. The van der Waals surface area contributed by atoms with Crippen LogP contribution in [0.15, 0.2) is 11.7 Å². The van der Waals surface area contributed by atoms with Gasteiger partial charge in [0, 0.05) is 0 Å². The molecule has 1 heterocycles. The van der Waals surface area contributed by atoms with Gasteiger partial charge in [-0.1, -0.05) is 13.3 Å². The molecule has 3 nitrogen and oxygen atoms in total. The zero-order chi connectivity index (χ0) is 8.81. The number of carbonyl (C=O) groups excluding carboxylic acids is 1. The van der Waals surface area contributed by atoms with E-state index in [0.29, 0.717) is 11.5 Å². The first-order valence-electron chi connectivity index (χ1n) is 3.90. The van der Waals surface area contributed by atoms with Gasteiger partial charge in [0.1, 0.15) is 4.88 Å². The van der Waals surface area contributed by atoms with Gasteiger partial charge in [-0.15, -0.1) is 11.3 Å². The molecule has 1 rings (SSSR count). The number of nitrogens with zero attached hydrogens (tertiary/aromatic N) is 1. The number of esters is 1. The molecular weight excluding hydrogens is 174 g/mol. The summed E-state index contributed by atoms with van der Waals surface area (Å²) in [5.74, 6) is -0.258. The van der Waals surface area contributed by atoms with Crippen LogP contribution >= 0.6 is 11.3 Å². The van der Waals surface area contributed by atoms with Crippen molar-refractivity contribution in [2.45, 2.75) is 19.8 Å². The van der Waals surface area contributed by atoms with Crippen LogP contribution < -0.4 is 0 Å². The molecule has 0 amide bonds. The summed E-state index contributed by atoms with van der Waals surface area (Å²) in [5.41, 5.74) is 1.62. The molecule has 0 aromatic carbocycles. The van der Waals surface area contributed by atoms with E-state index >= 15 is 0 Å². The molecule has 0 aliphatic rings. The second kappa shape index (κ2) is 4.87. The standard InChI is InChI=1S/C8H11NO2S/c1-2-3-4-11-8(10)7-5-9-6-12-7/h5-6H,2-4H2,1H3. The zero-order valence-electron chi connectivity index (χ0n) is 6.95. The SMILES string of the molecule is CCCCOC(=O)c1cncs1. The van der Waals surface area contributed by atoms with Crippen LogP contribution in [0, 0.1) is 0 Å². The number of hydrogen-bond acceptors (Lipinski definition) is 4. The van der Waals surface area contributed by atoms with Crippen molar-refractivity contribution >= 4 is 17.3 Å². The van der Waals surface area contributed by atoms with E-state index in [0.717, 1.165) is 12.8 Å². The zero-order valence-corrected chi connectivity index (χ0v) is 7.76. The maximum Gasteiger partial charge on any atom is 0.349 e. The minimum absolute atomic E-state index is 0.258. The smallest absolute Gasteiger partial charge is 0.349 e. The number of aromatic nitrogens is 1. The number of hydrogen-bond donors (Lipinski definition) is 0. The minimum atomic E-state index is -0.258. The molecule has 12 heavy (non-hydrogen) atoms. The van der Waals surface area contributed by atoms with Crippen LogP contribution in [0.5, 0.6) is 0 Å². The molecule has 0 aliphatic heterocycles. The van der Waals surface area contributed by atoms with Gasteiger partial charge in [-0.2, -0.15) is 0 Å². The van der Waals surface area contributed by atoms with Crippen molar-refractivity contribution in [3.8, 4) is 0 Å². The number of rotatable bonds is 4. The molecule has 4 heteroatoms. The largest absolute Gasteiger partial charge is 0.461 e. The van der Waals surface area contributed by atoms with E-state index in [4.69, 9.17) is 4.74 Å². The lowest BCUT2D eigenvalue weighted by molar-refractivity contribution is 0.0505. The number of unbranched alkanes of at least 4 members (excludes halogenated alkanes) is 1. The lowest BCUT2D eigenvalue weighted by Gasteiger charge is -1.99. The van der Waals surface area contributed by atoms with E-state index < -0.39 is 0 Å². The Kier molecular flexibility index (Phi) is 3.73. The van der Waals surface area contributed by atoms with E-state index in [9.17, 15) is 4.79 Å². The van der Waals surface area contributed by atoms with Crippen molar-refractivity contribution in [3.05, 3.63) is 16.6 Å². The van der Waals surface area contributed by atoms with E-state index in [-0.39, 0.29) is 5.97 Å². The molecule has 0 radical (unpaired) electrons. The lowest BCUT2D eigenvalue weighted by atomic mass is 10.4. The average Bonchev–Trinajstić information content (AvgIpc) is 2.56. The molecule has 0 aliphatic carbocycles. The molecular formula is C8H11NO2S. The van der Waals surface area contributed by atoms with Crippen molar-refractivity contribution in [2.75, 3.05) is 6.61 Å². The average molecular weight is 185 g/mol. The molecule has 1 aromatic rings. The summed E-state index contributed by atoms with van der Waals surface area (Å²) in [5, 5.41) is 0. The fourth-order valence-electron chi connectivity index (χ4n) is 0.697. The summed E-state index contributed by atoms with van der Waals surface area (Å²) in [6.45, 7) is 2.56. The summed E-state index contributed by atoms with van der Waals surface area (Å²) in [6, 6.07) is 0. The Bertz CT molecular complexity index is 233. The van der Waals surface area contributed by atoms with Gasteiger partial charge in [0.25, 0.3) is 0 Å². The molecule has 1 aromatic heterocycles. The van der Waals surface area contributed by atoms with Crippen molar-refractivity contribution in [1.29, 1.82) is 0 Å². The molecule has 66 valence electrons. The Morgan fingerprint density at radius 3 is 3.17 bits per heavy atom. The summed E-state index contributed by atoms with van der Waals surface area (Å²) in [7, 11) is 0. The molecule has 0 fully saturated rings. The Labute approximate surface area is 75.4 Å². The van der Waals surface area contributed by atoms with E-state index in [1.54, 1.807) is 5.51 Å². The first kappa shape index (κ1) is 9.19. The van der Waals surface area contributed by atoms with Crippen LogP contribution in [0.25, 0.3) is 0 Å². The fraction of sp³-hybridized carbons (Fsp3) is 0.500. The number of ether oxygens (including phenoxy) is 1. The predicted octanol–water partition coefficient (Wildman–Crippen LogP) is 2.10. The maximum atomic E-state index is 11.1. The van der Waals surface area contributed by atoms with Crippen molar-refractivity contribution in [1.82, 2.24) is 4.98 Å². The molecule has 0 unspecified atom stereocenters. The summed E-state index contributed by atoms with van der Waals surface area (Å²) in [6.07, 6.45) is 3.49. The van der Waals surface area contributed by atoms with Gasteiger partial charge >= 0.3 is 5.97 Å². The normalized spacial score (nSPS) is 9.75. The van der Waals surface area contributed by atoms with Gasteiger partial charge < -0.3 is 4.74 Å². The van der Waals surface area contributed by atoms with Gasteiger partial charge in [-0.25, -0.2) is 4.79 Å². The van der Waals surface area contributed by atoms with Gasteiger partial charge in [-0.05, 0) is 6.42 Å². The summed E-state index contributed by atoms with van der Waals surface area (Å²) < 4.78 is 4.96. The van der Waals surface area contributed by atoms with Gasteiger partial charge in [0.15, 0.2) is 0 Å². The number of carbonyl (C=O) groups is 1. The Morgan fingerprint density at radius 2 is 2.58 bits per heavy atom. The highest BCUT2D eigenvalue weighted by Crippen LogP contribution is 2.07. The first-order valence-corrected chi connectivity index (χ1v) is 4.78. The van der Waals surface area contributed by atoms with E-state index in [1.807, 2.05) is 0 Å². The topological polar surface area (TPSA) is 39.2 Å². The number of thiazole rings is 1. The summed E-state index contributed by atoms with van der Waals surface area (Å²) >= 11 is 1.30. The fourth-order valence-corrected chi connectivity index (χ4v) is 1.21. The third-order valence-electron chi connectivity index (χ3n) is 1.36. The monoisotopic (exact) mass is 185 g/mol. The minimum Gasteiger partial charge on any atom is -0.461 e. The maximum absolute atomic E-state index is 11.1.